The van der Waals surface area contributed by atoms with Gasteiger partial charge in [-0.05, 0) is 44.8 Å². The molecule has 1 aromatic rings. The number of carbonyl (C=O) groups is 1. The Bertz CT molecular complexity index is 425. The number of piperidine rings is 1. The van der Waals surface area contributed by atoms with E-state index in [1.807, 2.05) is 11.9 Å². The van der Waals surface area contributed by atoms with E-state index in [1.165, 1.54) is 11.1 Å². The summed E-state index contributed by atoms with van der Waals surface area (Å²) in [7, 11) is 1.95. The van der Waals surface area contributed by atoms with Gasteiger partial charge in [0.2, 0.25) is 5.91 Å². The van der Waals surface area contributed by atoms with E-state index in [4.69, 9.17) is 0 Å². The maximum absolute atomic E-state index is 12.2. The number of amides is 1. The molecule has 0 bridgehead atoms. The first-order valence-corrected chi connectivity index (χ1v) is 7.19. The monoisotopic (exact) mass is 260 g/mol. The molecule has 0 saturated carbocycles. The molecule has 0 unspecified atom stereocenters. The zero-order valence-corrected chi connectivity index (χ0v) is 12.0. The van der Waals surface area contributed by atoms with Gasteiger partial charge in [0.1, 0.15) is 0 Å². The van der Waals surface area contributed by atoms with Crippen LogP contribution in [0.25, 0.3) is 0 Å². The molecular formula is C16H24N2O. The fourth-order valence-corrected chi connectivity index (χ4v) is 2.69. The molecule has 1 saturated heterocycles. The molecule has 0 atom stereocenters. The molecule has 104 valence electrons. The Kier molecular flexibility index (Phi) is 4.97. The van der Waals surface area contributed by atoms with E-state index in [9.17, 15) is 4.79 Å². The van der Waals surface area contributed by atoms with Crippen LogP contribution in [0.5, 0.6) is 0 Å². The van der Waals surface area contributed by atoms with Crippen molar-refractivity contribution in [2.45, 2.75) is 38.6 Å². The minimum atomic E-state index is 0.272. The highest BCUT2D eigenvalue weighted by Gasteiger charge is 2.21. The molecule has 1 aliphatic rings. The number of carbonyl (C=O) groups excluding carboxylic acids is 1. The van der Waals surface area contributed by atoms with Gasteiger partial charge in [-0.15, -0.1) is 0 Å². The van der Waals surface area contributed by atoms with Crippen molar-refractivity contribution in [3.8, 4) is 0 Å². The van der Waals surface area contributed by atoms with Crippen molar-refractivity contribution in [3.05, 3.63) is 35.4 Å². The second-order valence-electron chi connectivity index (χ2n) is 5.47. The SMILES string of the molecule is Cc1cccc(CCC(=O)N(C)C2CCNCC2)c1. The maximum Gasteiger partial charge on any atom is 0.222 e. The van der Waals surface area contributed by atoms with Crippen molar-refractivity contribution in [1.29, 1.82) is 0 Å². The first-order chi connectivity index (χ1) is 9.16. The van der Waals surface area contributed by atoms with Crippen LogP contribution in [0.4, 0.5) is 0 Å². The molecule has 0 radical (unpaired) electrons. The van der Waals surface area contributed by atoms with Crippen LogP contribution in [0, 0.1) is 6.92 Å². The maximum atomic E-state index is 12.2. The van der Waals surface area contributed by atoms with Gasteiger partial charge in [0.05, 0.1) is 0 Å². The lowest BCUT2D eigenvalue weighted by atomic mass is 10.0. The summed E-state index contributed by atoms with van der Waals surface area (Å²) in [6.45, 7) is 4.15. The van der Waals surface area contributed by atoms with Crippen LogP contribution >= 0.6 is 0 Å². The van der Waals surface area contributed by atoms with Gasteiger partial charge < -0.3 is 10.2 Å². The zero-order chi connectivity index (χ0) is 13.7. The fraction of sp³-hybridized carbons (Fsp3) is 0.562. The summed E-state index contributed by atoms with van der Waals surface area (Å²) in [5.74, 6) is 0.272. The zero-order valence-electron chi connectivity index (χ0n) is 12.0. The number of hydrogen-bond acceptors (Lipinski definition) is 2. The molecule has 1 fully saturated rings. The Balaban J connectivity index is 1.83. The molecule has 1 N–H and O–H groups in total. The number of aryl methyl sites for hydroxylation is 2. The van der Waals surface area contributed by atoms with E-state index in [0.29, 0.717) is 12.5 Å². The van der Waals surface area contributed by atoms with Crippen LogP contribution in [0.15, 0.2) is 24.3 Å². The topological polar surface area (TPSA) is 32.3 Å². The Morgan fingerprint density at radius 2 is 2.11 bits per heavy atom. The predicted octanol–water partition coefficient (Wildman–Crippen LogP) is 2.14. The first kappa shape index (κ1) is 14.1. The summed E-state index contributed by atoms with van der Waals surface area (Å²) in [5, 5.41) is 3.33. The smallest absolute Gasteiger partial charge is 0.222 e. The molecule has 0 aliphatic carbocycles. The van der Waals surface area contributed by atoms with Crippen LogP contribution in [0.1, 0.15) is 30.4 Å². The second-order valence-corrected chi connectivity index (χ2v) is 5.47. The third-order valence-electron chi connectivity index (χ3n) is 3.96. The number of nitrogens with one attached hydrogen (secondary N) is 1. The second kappa shape index (κ2) is 6.71. The Hall–Kier alpha value is -1.35. The van der Waals surface area contributed by atoms with Gasteiger partial charge in [0.25, 0.3) is 0 Å². The van der Waals surface area contributed by atoms with Crippen molar-refractivity contribution in [2.75, 3.05) is 20.1 Å². The largest absolute Gasteiger partial charge is 0.343 e. The van der Waals surface area contributed by atoms with Gasteiger partial charge in [-0.25, -0.2) is 0 Å². The summed E-state index contributed by atoms with van der Waals surface area (Å²) >= 11 is 0. The van der Waals surface area contributed by atoms with E-state index < -0.39 is 0 Å². The summed E-state index contributed by atoms with van der Waals surface area (Å²) in [5.41, 5.74) is 2.52. The molecule has 1 heterocycles. The third kappa shape index (κ3) is 4.06. The fourth-order valence-electron chi connectivity index (χ4n) is 2.69. The van der Waals surface area contributed by atoms with Crippen molar-refractivity contribution < 1.29 is 4.79 Å². The van der Waals surface area contributed by atoms with Crippen molar-refractivity contribution >= 4 is 5.91 Å². The lowest BCUT2D eigenvalue weighted by Crippen LogP contribution is -2.44. The minimum absolute atomic E-state index is 0.272. The number of nitrogens with zero attached hydrogens (tertiary/aromatic N) is 1. The summed E-state index contributed by atoms with van der Waals surface area (Å²) in [4.78, 5) is 14.2. The number of hydrogen-bond donors (Lipinski definition) is 1. The molecule has 1 amide bonds. The quantitative estimate of drug-likeness (QED) is 0.899. The number of rotatable bonds is 4. The Morgan fingerprint density at radius 3 is 2.79 bits per heavy atom. The third-order valence-corrected chi connectivity index (χ3v) is 3.96. The van der Waals surface area contributed by atoms with Crippen LogP contribution in [0.3, 0.4) is 0 Å². The molecule has 19 heavy (non-hydrogen) atoms. The lowest BCUT2D eigenvalue weighted by Gasteiger charge is -2.31. The molecule has 1 aliphatic heterocycles. The van der Waals surface area contributed by atoms with Crippen LogP contribution < -0.4 is 5.32 Å². The van der Waals surface area contributed by atoms with E-state index >= 15 is 0 Å². The van der Waals surface area contributed by atoms with Crippen LogP contribution in [-0.4, -0.2) is 37.0 Å². The highest BCUT2D eigenvalue weighted by molar-refractivity contribution is 5.76. The van der Waals surface area contributed by atoms with Crippen molar-refractivity contribution in [2.24, 2.45) is 0 Å². The number of benzene rings is 1. The average molecular weight is 260 g/mol. The molecule has 1 aromatic carbocycles. The molecule has 0 aromatic heterocycles. The molecule has 2 rings (SSSR count). The van der Waals surface area contributed by atoms with Crippen molar-refractivity contribution in [3.63, 3.8) is 0 Å². The lowest BCUT2D eigenvalue weighted by molar-refractivity contribution is -0.132. The van der Waals surface area contributed by atoms with Gasteiger partial charge >= 0.3 is 0 Å². The first-order valence-electron chi connectivity index (χ1n) is 7.19. The Morgan fingerprint density at radius 1 is 1.37 bits per heavy atom. The standard InChI is InChI=1S/C16H24N2O/c1-13-4-3-5-14(12-13)6-7-16(19)18(2)15-8-10-17-11-9-15/h3-5,12,15,17H,6-11H2,1-2H3. The van der Waals surface area contributed by atoms with E-state index in [0.717, 1.165) is 32.4 Å². The normalized spacial score (nSPS) is 16.3. The summed E-state index contributed by atoms with van der Waals surface area (Å²) in [6, 6.07) is 8.84. The predicted molar refractivity (Wildman–Crippen MR) is 78.2 cm³/mol. The minimum Gasteiger partial charge on any atom is -0.343 e. The highest BCUT2D eigenvalue weighted by Crippen LogP contribution is 2.13. The van der Waals surface area contributed by atoms with Crippen LogP contribution in [0.2, 0.25) is 0 Å². The molecular weight excluding hydrogens is 236 g/mol. The van der Waals surface area contributed by atoms with Gasteiger partial charge in [0.15, 0.2) is 0 Å². The van der Waals surface area contributed by atoms with E-state index in [1.54, 1.807) is 0 Å². The Labute approximate surface area is 116 Å². The van der Waals surface area contributed by atoms with E-state index in [2.05, 4.69) is 36.5 Å². The molecule has 3 nitrogen and oxygen atoms in total. The van der Waals surface area contributed by atoms with Gasteiger partial charge in [0, 0.05) is 19.5 Å². The van der Waals surface area contributed by atoms with Gasteiger partial charge in [-0.1, -0.05) is 29.8 Å². The highest BCUT2D eigenvalue weighted by atomic mass is 16.2. The molecule has 3 heteroatoms. The van der Waals surface area contributed by atoms with Gasteiger partial charge in [-0.3, -0.25) is 4.79 Å². The van der Waals surface area contributed by atoms with Crippen molar-refractivity contribution in [1.82, 2.24) is 10.2 Å². The molecule has 0 spiro atoms. The average Bonchev–Trinajstić information content (AvgIpc) is 2.45. The van der Waals surface area contributed by atoms with E-state index in [-0.39, 0.29) is 5.91 Å². The van der Waals surface area contributed by atoms with Crippen LogP contribution in [-0.2, 0) is 11.2 Å². The van der Waals surface area contributed by atoms with Gasteiger partial charge in [-0.2, -0.15) is 0 Å². The summed E-state index contributed by atoms with van der Waals surface area (Å²) in [6.07, 6.45) is 3.61. The summed E-state index contributed by atoms with van der Waals surface area (Å²) < 4.78 is 0.